The molecule has 1 aliphatic heterocycles. The van der Waals surface area contributed by atoms with Gasteiger partial charge in [-0.3, -0.25) is 4.79 Å². The van der Waals surface area contributed by atoms with Crippen molar-refractivity contribution in [2.24, 2.45) is 11.8 Å². The van der Waals surface area contributed by atoms with Crippen LogP contribution in [0.2, 0.25) is 0 Å². The molecule has 0 spiro atoms. The van der Waals surface area contributed by atoms with E-state index in [1.165, 1.54) is 0 Å². The molecule has 102 valence electrons. The minimum Gasteiger partial charge on any atom is -0.481 e. The van der Waals surface area contributed by atoms with E-state index in [9.17, 15) is 14.7 Å². The van der Waals surface area contributed by atoms with Gasteiger partial charge in [-0.15, -0.1) is 0 Å². The second-order valence-electron chi connectivity index (χ2n) is 6.26. The number of carbonyl (C=O) groups excluding carboxylic acids is 1. The highest BCUT2D eigenvalue weighted by atomic mass is 16.6. The summed E-state index contributed by atoms with van der Waals surface area (Å²) in [5.41, 5.74) is -0.535. The van der Waals surface area contributed by atoms with Gasteiger partial charge in [0.1, 0.15) is 5.60 Å². The lowest BCUT2D eigenvalue weighted by molar-refractivity contribution is -0.144. The first-order valence-electron chi connectivity index (χ1n) is 6.52. The molecule has 5 heteroatoms. The molecule has 18 heavy (non-hydrogen) atoms. The molecule has 1 heterocycles. The number of carboxylic acid groups (broad SMARTS) is 1. The van der Waals surface area contributed by atoms with Crippen molar-refractivity contribution in [1.29, 1.82) is 0 Å². The largest absolute Gasteiger partial charge is 0.481 e. The Morgan fingerprint density at radius 2 is 1.94 bits per heavy atom. The first-order valence-corrected chi connectivity index (χ1v) is 6.52. The quantitative estimate of drug-likeness (QED) is 0.779. The molecule has 2 aliphatic rings. The van der Waals surface area contributed by atoms with Crippen molar-refractivity contribution in [3.63, 3.8) is 0 Å². The SMILES string of the molecule is CC(C)(C)OC(=O)N1CC2CCCC1C2C(=O)O. The third-order valence-electron chi connectivity index (χ3n) is 3.74. The first-order chi connectivity index (χ1) is 8.29. The lowest BCUT2D eigenvalue weighted by Gasteiger charge is -2.30. The lowest BCUT2D eigenvalue weighted by Crippen LogP contribution is -2.43. The second kappa shape index (κ2) is 4.44. The van der Waals surface area contributed by atoms with Crippen LogP contribution in [-0.4, -0.2) is 40.3 Å². The summed E-state index contributed by atoms with van der Waals surface area (Å²) in [5.74, 6) is -1.10. The van der Waals surface area contributed by atoms with Gasteiger partial charge in [0, 0.05) is 12.6 Å². The van der Waals surface area contributed by atoms with Crippen LogP contribution in [0.15, 0.2) is 0 Å². The lowest BCUT2D eigenvalue weighted by atomic mass is 9.80. The van der Waals surface area contributed by atoms with Crippen molar-refractivity contribution < 1.29 is 19.4 Å². The summed E-state index contributed by atoms with van der Waals surface area (Å²) in [5, 5.41) is 9.27. The highest BCUT2D eigenvalue weighted by Crippen LogP contribution is 2.41. The molecule has 1 saturated carbocycles. The molecule has 1 aliphatic carbocycles. The van der Waals surface area contributed by atoms with Crippen molar-refractivity contribution >= 4 is 12.1 Å². The fourth-order valence-electron chi connectivity index (χ4n) is 3.10. The van der Waals surface area contributed by atoms with E-state index >= 15 is 0 Å². The number of nitrogens with zero attached hydrogens (tertiary/aromatic N) is 1. The Morgan fingerprint density at radius 3 is 2.44 bits per heavy atom. The average Bonchev–Trinajstić information content (AvgIpc) is 2.44. The Kier molecular flexibility index (Phi) is 3.25. The van der Waals surface area contributed by atoms with Crippen LogP contribution in [0.3, 0.4) is 0 Å². The van der Waals surface area contributed by atoms with Gasteiger partial charge in [-0.1, -0.05) is 6.42 Å². The normalized spacial score (nSPS) is 31.3. The average molecular weight is 255 g/mol. The molecule has 2 fully saturated rings. The molecule has 3 unspecified atom stereocenters. The monoisotopic (exact) mass is 255 g/mol. The maximum absolute atomic E-state index is 12.1. The Balaban J connectivity index is 2.11. The smallest absolute Gasteiger partial charge is 0.410 e. The highest BCUT2D eigenvalue weighted by Gasteiger charge is 2.50. The van der Waals surface area contributed by atoms with Crippen LogP contribution in [0.5, 0.6) is 0 Å². The number of aliphatic carboxylic acids is 1. The van der Waals surface area contributed by atoms with Gasteiger partial charge < -0.3 is 14.7 Å². The van der Waals surface area contributed by atoms with Crippen molar-refractivity contribution in [3.8, 4) is 0 Å². The van der Waals surface area contributed by atoms with Crippen molar-refractivity contribution in [1.82, 2.24) is 4.90 Å². The fourth-order valence-corrected chi connectivity index (χ4v) is 3.10. The molecule has 2 bridgehead atoms. The Hall–Kier alpha value is -1.26. The number of ether oxygens (including phenoxy) is 1. The van der Waals surface area contributed by atoms with E-state index < -0.39 is 17.5 Å². The van der Waals surface area contributed by atoms with Gasteiger partial charge in [0.2, 0.25) is 0 Å². The zero-order chi connectivity index (χ0) is 13.5. The van der Waals surface area contributed by atoms with Gasteiger partial charge in [0.05, 0.1) is 5.92 Å². The van der Waals surface area contributed by atoms with Crippen LogP contribution < -0.4 is 0 Å². The number of rotatable bonds is 1. The molecule has 0 radical (unpaired) electrons. The second-order valence-corrected chi connectivity index (χ2v) is 6.26. The third-order valence-corrected chi connectivity index (χ3v) is 3.74. The van der Waals surface area contributed by atoms with Crippen LogP contribution in [0, 0.1) is 11.8 Å². The van der Waals surface area contributed by atoms with Gasteiger partial charge in [-0.05, 0) is 39.5 Å². The predicted octanol–water partition coefficient (Wildman–Crippen LogP) is 2.11. The molecular formula is C13H21NO4. The molecule has 3 atom stereocenters. The van der Waals surface area contributed by atoms with E-state index in [1.54, 1.807) is 4.90 Å². The zero-order valence-electron chi connectivity index (χ0n) is 11.2. The number of hydrogen-bond donors (Lipinski definition) is 1. The molecule has 1 saturated heterocycles. The minimum absolute atomic E-state index is 0.0915. The van der Waals surface area contributed by atoms with Crippen LogP contribution in [0.4, 0.5) is 4.79 Å². The fraction of sp³-hybridized carbons (Fsp3) is 0.846. The maximum Gasteiger partial charge on any atom is 0.410 e. The van der Waals surface area contributed by atoms with Gasteiger partial charge in [-0.2, -0.15) is 0 Å². The third kappa shape index (κ3) is 2.44. The van der Waals surface area contributed by atoms with Gasteiger partial charge in [0.15, 0.2) is 0 Å². The number of carbonyl (C=O) groups is 2. The summed E-state index contributed by atoms with van der Waals surface area (Å²) in [6.45, 7) is 5.99. The van der Waals surface area contributed by atoms with Crippen molar-refractivity contribution in [2.45, 2.75) is 51.7 Å². The van der Waals surface area contributed by atoms with Gasteiger partial charge in [0.25, 0.3) is 0 Å². The summed E-state index contributed by atoms with van der Waals surface area (Å²) in [6.07, 6.45) is 2.29. The summed E-state index contributed by atoms with van der Waals surface area (Å²) < 4.78 is 5.35. The molecule has 0 aromatic carbocycles. The maximum atomic E-state index is 12.1. The highest BCUT2D eigenvalue weighted by molar-refractivity contribution is 5.76. The summed E-state index contributed by atoms with van der Waals surface area (Å²) in [7, 11) is 0. The van der Waals surface area contributed by atoms with E-state index in [4.69, 9.17) is 4.74 Å². The first kappa shape index (κ1) is 13.2. The Bertz CT molecular complexity index is 360. The summed E-state index contributed by atoms with van der Waals surface area (Å²) in [6, 6.07) is -0.184. The van der Waals surface area contributed by atoms with Crippen LogP contribution >= 0.6 is 0 Å². The summed E-state index contributed by atoms with van der Waals surface area (Å²) in [4.78, 5) is 25.0. The van der Waals surface area contributed by atoms with Crippen LogP contribution in [0.1, 0.15) is 40.0 Å². The number of hydrogen-bond acceptors (Lipinski definition) is 3. The number of amides is 1. The number of likely N-dealkylation sites (tertiary alicyclic amines) is 1. The van der Waals surface area contributed by atoms with E-state index in [1.807, 2.05) is 20.8 Å². The summed E-state index contributed by atoms with van der Waals surface area (Å²) >= 11 is 0. The zero-order valence-corrected chi connectivity index (χ0v) is 11.2. The van der Waals surface area contributed by atoms with E-state index in [2.05, 4.69) is 0 Å². The molecule has 1 N–H and O–H groups in total. The molecular weight excluding hydrogens is 234 g/mol. The van der Waals surface area contributed by atoms with Crippen LogP contribution in [0.25, 0.3) is 0 Å². The topological polar surface area (TPSA) is 66.8 Å². The minimum atomic E-state index is -0.782. The number of carboxylic acids is 1. The molecule has 5 nitrogen and oxygen atoms in total. The molecule has 0 aromatic heterocycles. The van der Waals surface area contributed by atoms with Crippen LogP contribution in [-0.2, 0) is 9.53 Å². The van der Waals surface area contributed by atoms with E-state index in [0.29, 0.717) is 6.54 Å². The van der Waals surface area contributed by atoms with Crippen molar-refractivity contribution in [3.05, 3.63) is 0 Å². The van der Waals surface area contributed by atoms with E-state index in [-0.39, 0.29) is 18.1 Å². The molecule has 2 rings (SSSR count). The predicted molar refractivity (Wildman–Crippen MR) is 65.2 cm³/mol. The molecule has 1 amide bonds. The number of fused-ring (bicyclic) bond motifs is 2. The van der Waals surface area contributed by atoms with Gasteiger partial charge in [-0.25, -0.2) is 4.79 Å². The van der Waals surface area contributed by atoms with E-state index in [0.717, 1.165) is 19.3 Å². The van der Waals surface area contributed by atoms with Crippen molar-refractivity contribution in [2.75, 3.05) is 6.54 Å². The Morgan fingerprint density at radius 1 is 1.28 bits per heavy atom. The molecule has 0 aromatic rings. The Labute approximate surface area is 107 Å². The van der Waals surface area contributed by atoms with Gasteiger partial charge >= 0.3 is 12.1 Å². The standard InChI is InChI=1S/C13H21NO4/c1-13(2,3)18-12(17)14-7-8-5-4-6-9(14)10(8)11(15)16/h8-10H,4-7H2,1-3H3,(H,15,16).